The third-order valence-corrected chi connectivity index (χ3v) is 5.88. The average molecular weight is 356 g/mol. The standard InChI is InChI=1S/C18H24N6O2/c1-26-9-16-19-17(23-22-16)13-8-24(7-12(13)10-2-3-10)18(25)15-6-14(20-21-15)11-4-5-11/h6,10-13H,2-5,7-9H2,1H3,(H,20,21)(H,19,22,23)/t12-,13+/m1/s1. The van der Waals surface area contributed by atoms with Gasteiger partial charge in [-0.3, -0.25) is 15.0 Å². The van der Waals surface area contributed by atoms with E-state index in [9.17, 15) is 4.79 Å². The first kappa shape index (κ1) is 16.0. The summed E-state index contributed by atoms with van der Waals surface area (Å²) in [5.41, 5.74) is 1.64. The van der Waals surface area contributed by atoms with E-state index in [1.54, 1.807) is 7.11 Å². The number of methoxy groups -OCH3 is 1. The fourth-order valence-electron chi connectivity index (χ4n) is 4.16. The second kappa shape index (κ2) is 6.19. The molecule has 1 aliphatic heterocycles. The van der Waals surface area contributed by atoms with Crippen molar-refractivity contribution >= 4 is 5.91 Å². The van der Waals surface area contributed by atoms with Gasteiger partial charge < -0.3 is 9.64 Å². The minimum atomic E-state index is 0.0222. The number of nitrogens with zero attached hydrogens (tertiary/aromatic N) is 4. The number of aromatic nitrogens is 5. The lowest BCUT2D eigenvalue weighted by molar-refractivity contribution is 0.0779. The Balaban J connectivity index is 1.34. The van der Waals surface area contributed by atoms with Gasteiger partial charge in [-0.15, -0.1) is 0 Å². The maximum Gasteiger partial charge on any atom is 0.274 e. The van der Waals surface area contributed by atoms with E-state index in [4.69, 9.17) is 4.74 Å². The first-order valence-electron chi connectivity index (χ1n) is 9.47. The molecule has 2 N–H and O–H groups in total. The number of nitrogens with one attached hydrogen (secondary N) is 2. The number of H-pyrrole nitrogens is 2. The number of aromatic amines is 2. The van der Waals surface area contributed by atoms with E-state index >= 15 is 0 Å². The van der Waals surface area contributed by atoms with Crippen LogP contribution in [0.15, 0.2) is 6.07 Å². The molecule has 8 nitrogen and oxygen atoms in total. The smallest absolute Gasteiger partial charge is 0.274 e. The van der Waals surface area contributed by atoms with E-state index in [0.717, 1.165) is 23.9 Å². The lowest BCUT2D eigenvalue weighted by Crippen LogP contribution is -2.29. The van der Waals surface area contributed by atoms with Gasteiger partial charge in [0.05, 0.1) is 0 Å². The van der Waals surface area contributed by atoms with Crippen LogP contribution in [-0.2, 0) is 11.3 Å². The highest BCUT2D eigenvalue weighted by atomic mass is 16.5. The zero-order chi connectivity index (χ0) is 17.7. The highest BCUT2D eigenvalue weighted by Gasteiger charge is 2.46. The van der Waals surface area contributed by atoms with Crippen LogP contribution in [0, 0.1) is 11.8 Å². The highest BCUT2D eigenvalue weighted by molar-refractivity contribution is 5.92. The fraction of sp³-hybridized carbons (Fsp3) is 0.667. The largest absolute Gasteiger partial charge is 0.377 e. The van der Waals surface area contributed by atoms with Gasteiger partial charge >= 0.3 is 0 Å². The number of hydrogen-bond donors (Lipinski definition) is 2. The lowest BCUT2D eigenvalue weighted by atomic mass is 9.91. The molecule has 3 heterocycles. The van der Waals surface area contributed by atoms with Crippen molar-refractivity contribution in [1.82, 2.24) is 30.3 Å². The molecule has 3 aliphatic rings. The van der Waals surface area contributed by atoms with Crippen molar-refractivity contribution in [3.63, 3.8) is 0 Å². The van der Waals surface area contributed by atoms with Gasteiger partial charge in [0.15, 0.2) is 11.6 Å². The predicted octanol–water partition coefficient (Wildman–Crippen LogP) is 1.82. The molecule has 0 spiro atoms. The average Bonchev–Trinajstić information content (AvgIpc) is 3.53. The van der Waals surface area contributed by atoms with Gasteiger partial charge in [0, 0.05) is 37.7 Å². The Kier molecular flexibility index (Phi) is 3.81. The summed E-state index contributed by atoms with van der Waals surface area (Å²) in [5, 5.41) is 14.7. The van der Waals surface area contributed by atoms with Crippen molar-refractivity contribution in [2.75, 3.05) is 20.2 Å². The van der Waals surface area contributed by atoms with Crippen molar-refractivity contribution in [3.05, 3.63) is 29.1 Å². The lowest BCUT2D eigenvalue weighted by Gasteiger charge is -2.14. The van der Waals surface area contributed by atoms with E-state index in [1.165, 1.54) is 25.7 Å². The Labute approximate surface area is 151 Å². The summed E-state index contributed by atoms with van der Waals surface area (Å²) in [6, 6.07) is 1.93. The molecule has 0 radical (unpaired) electrons. The Morgan fingerprint density at radius 2 is 2.08 bits per heavy atom. The van der Waals surface area contributed by atoms with Gasteiger partial charge in [0.2, 0.25) is 0 Å². The molecule has 1 saturated heterocycles. The summed E-state index contributed by atoms with van der Waals surface area (Å²) in [6.07, 6.45) is 4.87. The predicted molar refractivity (Wildman–Crippen MR) is 92.5 cm³/mol. The number of hydrogen-bond acceptors (Lipinski definition) is 5. The Morgan fingerprint density at radius 3 is 2.81 bits per heavy atom. The molecule has 26 heavy (non-hydrogen) atoms. The molecule has 2 aromatic rings. The van der Waals surface area contributed by atoms with Gasteiger partial charge in [-0.2, -0.15) is 10.2 Å². The second-order valence-electron chi connectivity index (χ2n) is 7.87. The molecule has 5 rings (SSSR count). The van der Waals surface area contributed by atoms with Gasteiger partial charge in [0.1, 0.15) is 12.3 Å². The third-order valence-electron chi connectivity index (χ3n) is 5.88. The molecule has 2 atom stereocenters. The van der Waals surface area contributed by atoms with E-state index in [1.807, 2.05) is 11.0 Å². The molecule has 1 amide bonds. The van der Waals surface area contributed by atoms with Crippen molar-refractivity contribution in [2.24, 2.45) is 11.8 Å². The van der Waals surface area contributed by atoms with Crippen LogP contribution in [0.5, 0.6) is 0 Å². The molecular weight excluding hydrogens is 332 g/mol. The summed E-state index contributed by atoms with van der Waals surface area (Å²) >= 11 is 0. The highest BCUT2D eigenvalue weighted by Crippen LogP contribution is 2.47. The van der Waals surface area contributed by atoms with Gasteiger partial charge in [-0.25, -0.2) is 4.98 Å². The second-order valence-corrected chi connectivity index (χ2v) is 7.87. The fourth-order valence-corrected chi connectivity index (χ4v) is 4.16. The molecule has 138 valence electrons. The van der Waals surface area contributed by atoms with E-state index < -0.39 is 0 Å². The van der Waals surface area contributed by atoms with Crippen LogP contribution >= 0.6 is 0 Å². The van der Waals surface area contributed by atoms with Crippen LogP contribution in [0.2, 0.25) is 0 Å². The summed E-state index contributed by atoms with van der Waals surface area (Å²) in [5.74, 6) is 3.45. The third kappa shape index (κ3) is 2.92. The molecule has 2 aliphatic carbocycles. The Morgan fingerprint density at radius 1 is 1.23 bits per heavy atom. The topological polar surface area (TPSA) is 99.8 Å². The normalized spacial score (nSPS) is 25.8. The van der Waals surface area contributed by atoms with Crippen molar-refractivity contribution in [3.8, 4) is 0 Å². The Hall–Kier alpha value is -2.22. The monoisotopic (exact) mass is 356 g/mol. The summed E-state index contributed by atoms with van der Waals surface area (Å²) in [4.78, 5) is 19.5. The van der Waals surface area contributed by atoms with Crippen molar-refractivity contribution in [2.45, 2.75) is 44.1 Å². The molecule has 0 bridgehead atoms. The number of amides is 1. The molecule has 2 saturated carbocycles. The number of likely N-dealkylation sites (tertiary alicyclic amines) is 1. The number of ether oxygens (including phenoxy) is 1. The number of rotatable bonds is 6. The van der Waals surface area contributed by atoms with Gasteiger partial charge in [0.25, 0.3) is 5.91 Å². The Bertz CT molecular complexity index is 806. The van der Waals surface area contributed by atoms with Crippen LogP contribution in [0.1, 0.15) is 65.4 Å². The van der Waals surface area contributed by atoms with Crippen LogP contribution in [0.3, 0.4) is 0 Å². The maximum absolute atomic E-state index is 13.0. The first-order chi connectivity index (χ1) is 12.7. The summed E-state index contributed by atoms with van der Waals surface area (Å²) < 4.78 is 5.12. The minimum Gasteiger partial charge on any atom is -0.377 e. The van der Waals surface area contributed by atoms with E-state index in [-0.39, 0.29) is 11.8 Å². The van der Waals surface area contributed by atoms with Crippen LogP contribution in [0.4, 0.5) is 0 Å². The van der Waals surface area contributed by atoms with Crippen LogP contribution in [0.25, 0.3) is 0 Å². The molecular formula is C18H24N6O2. The maximum atomic E-state index is 13.0. The van der Waals surface area contributed by atoms with Crippen LogP contribution in [-0.4, -0.2) is 56.4 Å². The summed E-state index contributed by atoms with van der Waals surface area (Å²) in [6.45, 7) is 1.86. The SMILES string of the molecule is COCc1nc([C@H]2CN(C(=O)c3cc(C4CC4)[nH]n3)C[C@@H]2C2CC2)n[nH]1. The number of carbonyl (C=O) groups is 1. The first-order valence-corrected chi connectivity index (χ1v) is 9.47. The zero-order valence-electron chi connectivity index (χ0n) is 14.9. The van der Waals surface area contributed by atoms with Gasteiger partial charge in [-0.1, -0.05) is 0 Å². The van der Waals surface area contributed by atoms with E-state index in [0.29, 0.717) is 36.6 Å². The quantitative estimate of drug-likeness (QED) is 0.822. The van der Waals surface area contributed by atoms with Crippen molar-refractivity contribution < 1.29 is 9.53 Å². The molecule has 0 unspecified atom stereocenters. The van der Waals surface area contributed by atoms with Crippen molar-refractivity contribution in [1.29, 1.82) is 0 Å². The van der Waals surface area contributed by atoms with Crippen LogP contribution < -0.4 is 0 Å². The molecule has 3 fully saturated rings. The number of carbonyl (C=O) groups excluding carboxylic acids is 1. The molecule has 0 aromatic carbocycles. The zero-order valence-corrected chi connectivity index (χ0v) is 14.9. The van der Waals surface area contributed by atoms with E-state index in [2.05, 4.69) is 25.4 Å². The molecule has 2 aromatic heterocycles. The summed E-state index contributed by atoms with van der Waals surface area (Å²) in [7, 11) is 1.64. The molecule has 8 heteroatoms. The minimum absolute atomic E-state index is 0.0222. The van der Waals surface area contributed by atoms with Gasteiger partial charge in [-0.05, 0) is 43.6 Å².